The van der Waals surface area contributed by atoms with Crippen molar-refractivity contribution in [2.45, 2.75) is 43.7 Å². The summed E-state index contributed by atoms with van der Waals surface area (Å²) in [6.07, 6.45) is 3.75. The molecule has 0 aromatic heterocycles. The summed E-state index contributed by atoms with van der Waals surface area (Å²) >= 11 is 4.38. The van der Waals surface area contributed by atoms with Gasteiger partial charge in [0.15, 0.2) is 0 Å². The molecule has 0 bridgehead atoms. The standard InChI is InChI=1S/C4H9.C3H7.Al.ClO/c1-3-4-2;1-3-2;;1-2/h1,3-4H2,2H3;1,3H2,2H3;;/q;;+1;-1. The van der Waals surface area contributed by atoms with Crippen molar-refractivity contribution in [2.75, 3.05) is 0 Å². The fourth-order valence-corrected chi connectivity index (χ4v) is 3.50. The number of unbranched alkanes of at least 4 members (excludes halogenated alkanes) is 1. The molecule has 0 saturated carbocycles. The Morgan fingerprint density at radius 1 is 1.20 bits per heavy atom. The summed E-state index contributed by atoms with van der Waals surface area (Å²) in [6, 6.07) is 0. The Balaban J connectivity index is 3.21. The maximum absolute atomic E-state index is 5.34. The normalized spacial score (nSPS) is 9.90. The van der Waals surface area contributed by atoms with Crippen molar-refractivity contribution in [3.63, 3.8) is 0 Å². The first-order chi connectivity index (χ1) is 4.85. The van der Waals surface area contributed by atoms with Gasteiger partial charge in [-0.05, 0) is 0 Å². The van der Waals surface area contributed by atoms with Crippen molar-refractivity contribution < 1.29 is 3.34 Å². The first kappa shape index (κ1) is 10.8. The molecule has 10 heavy (non-hydrogen) atoms. The molecule has 0 fully saturated rings. The Labute approximate surface area is 73.6 Å². The molecule has 3 heteroatoms. The Hall–Kier alpha value is 0.782. The Morgan fingerprint density at radius 3 is 2.30 bits per heavy atom. The highest BCUT2D eigenvalue weighted by Gasteiger charge is 2.17. The van der Waals surface area contributed by atoms with Gasteiger partial charge in [-0.15, -0.1) is 0 Å². The van der Waals surface area contributed by atoms with E-state index in [4.69, 9.17) is 15.2 Å². The Kier molecular flexibility index (Phi) is 8.50. The van der Waals surface area contributed by atoms with Crippen molar-refractivity contribution in [3.05, 3.63) is 0 Å². The second kappa shape index (κ2) is 7.88. The molecule has 0 aliphatic rings. The lowest BCUT2D eigenvalue weighted by Crippen LogP contribution is -2.11. The van der Waals surface area contributed by atoms with Gasteiger partial charge in [0.05, 0.1) is 0 Å². The first-order valence-electron chi connectivity index (χ1n) is 4.12. The van der Waals surface area contributed by atoms with Gasteiger partial charge in [0, 0.05) is 11.9 Å². The molecule has 0 saturated heterocycles. The number of hydrogen-bond acceptors (Lipinski definition) is 1. The zero-order valence-corrected chi connectivity index (χ0v) is 8.81. The predicted molar refractivity (Wildman–Crippen MR) is 47.5 cm³/mol. The van der Waals surface area contributed by atoms with Crippen molar-refractivity contribution in [1.29, 1.82) is 0 Å². The Bertz CT molecular complexity index is 70.6. The van der Waals surface area contributed by atoms with Gasteiger partial charge in [-0.25, -0.2) is 0 Å². The number of rotatable bonds is 6. The molecule has 0 aliphatic carbocycles. The van der Waals surface area contributed by atoms with Crippen LogP contribution >= 0.6 is 11.9 Å². The number of hydrogen-bond donors (Lipinski definition) is 0. The molecular weight excluding hydrogens is 163 g/mol. The van der Waals surface area contributed by atoms with Crippen LogP contribution in [-0.2, 0) is 3.34 Å². The van der Waals surface area contributed by atoms with Crippen LogP contribution in [0.15, 0.2) is 0 Å². The van der Waals surface area contributed by atoms with Crippen molar-refractivity contribution >= 4 is 26.3 Å². The summed E-state index contributed by atoms with van der Waals surface area (Å²) in [7, 11) is 0. The Morgan fingerprint density at radius 2 is 1.90 bits per heavy atom. The summed E-state index contributed by atoms with van der Waals surface area (Å²) in [5.41, 5.74) is 0. The second-order valence-corrected chi connectivity index (χ2v) is 5.75. The maximum atomic E-state index is 5.34. The van der Waals surface area contributed by atoms with Crippen LogP contribution in [0.25, 0.3) is 0 Å². The van der Waals surface area contributed by atoms with Gasteiger partial charge in [-0.2, -0.15) is 0 Å². The molecule has 1 nitrogen and oxygen atoms in total. The summed E-state index contributed by atoms with van der Waals surface area (Å²) < 4.78 is 4.90. The third-order valence-electron chi connectivity index (χ3n) is 1.62. The van der Waals surface area contributed by atoms with Crippen molar-refractivity contribution in [1.82, 2.24) is 0 Å². The van der Waals surface area contributed by atoms with Gasteiger partial charge >= 0.3 is 14.5 Å². The minimum Gasteiger partial charge on any atom is -0.406 e. The monoisotopic (exact) mass is 178 g/mol. The van der Waals surface area contributed by atoms with E-state index in [0.717, 1.165) is 0 Å². The summed E-state index contributed by atoms with van der Waals surface area (Å²) in [6.45, 7) is 4.38. The van der Waals surface area contributed by atoms with E-state index in [9.17, 15) is 0 Å². The number of halogens is 1. The van der Waals surface area contributed by atoms with Gasteiger partial charge in [0.25, 0.3) is 0 Å². The van der Waals surface area contributed by atoms with Crippen molar-refractivity contribution in [2.24, 2.45) is 0 Å². The predicted octanol–water partition coefficient (Wildman–Crippen LogP) is 3.36. The smallest absolute Gasteiger partial charge is 0.406 e. The first-order valence-corrected chi connectivity index (χ1v) is 6.53. The molecule has 0 atom stereocenters. The largest absolute Gasteiger partial charge is 0.485 e. The van der Waals surface area contributed by atoms with E-state index in [-0.39, 0.29) is 0 Å². The van der Waals surface area contributed by atoms with E-state index in [1.165, 1.54) is 29.8 Å². The molecule has 0 spiro atoms. The van der Waals surface area contributed by atoms with E-state index in [2.05, 4.69) is 13.8 Å². The zero-order valence-electron chi connectivity index (χ0n) is 6.90. The molecule has 0 unspecified atom stereocenters. The topological polar surface area (TPSA) is 9.23 Å². The molecule has 0 heterocycles. The van der Waals surface area contributed by atoms with Crippen LogP contribution in [0.2, 0.25) is 10.6 Å². The third kappa shape index (κ3) is 5.56. The molecule has 0 aliphatic heterocycles. The van der Waals surface area contributed by atoms with Crippen LogP contribution in [0.4, 0.5) is 0 Å². The molecular formula is C7H16AlClO. The second-order valence-electron chi connectivity index (χ2n) is 2.64. The van der Waals surface area contributed by atoms with E-state index >= 15 is 0 Å². The van der Waals surface area contributed by atoms with Crippen LogP contribution in [0.1, 0.15) is 33.1 Å². The van der Waals surface area contributed by atoms with E-state index in [1.807, 2.05) is 0 Å². The van der Waals surface area contributed by atoms with Gasteiger partial charge in [0.1, 0.15) is 0 Å². The lowest BCUT2D eigenvalue weighted by Gasteiger charge is -2.03. The quantitative estimate of drug-likeness (QED) is 0.567. The highest BCUT2D eigenvalue weighted by atomic mass is 35.5. The maximum Gasteiger partial charge on any atom is 0.485 e. The molecule has 0 aromatic carbocycles. The van der Waals surface area contributed by atoms with Crippen LogP contribution < -0.4 is 0 Å². The van der Waals surface area contributed by atoms with Gasteiger partial charge in [-0.3, -0.25) is 0 Å². The van der Waals surface area contributed by atoms with E-state index in [1.54, 1.807) is 0 Å². The SMILES string of the molecule is CCC[CH2][Al]([CH2]CC)[O]Cl. The van der Waals surface area contributed by atoms with Crippen LogP contribution in [0, 0.1) is 0 Å². The van der Waals surface area contributed by atoms with E-state index < -0.39 is 14.5 Å². The van der Waals surface area contributed by atoms with Crippen molar-refractivity contribution in [3.8, 4) is 0 Å². The lowest BCUT2D eigenvalue weighted by atomic mass is 10.4. The summed E-state index contributed by atoms with van der Waals surface area (Å²) in [5.74, 6) is 0. The van der Waals surface area contributed by atoms with Crippen LogP contribution in [0.5, 0.6) is 0 Å². The van der Waals surface area contributed by atoms with Crippen LogP contribution in [-0.4, -0.2) is 14.5 Å². The lowest BCUT2D eigenvalue weighted by molar-refractivity contribution is 0.615. The molecule has 0 N–H and O–H groups in total. The molecule has 60 valence electrons. The molecule has 0 aromatic rings. The molecule has 0 radical (unpaired) electrons. The molecule has 0 amide bonds. The summed E-state index contributed by atoms with van der Waals surface area (Å²) in [4.78, 5) is 0. The van der Waals surface area contributed by atoms with Gasteiger partial charge in [0.2, 0.25) is 0 Å². The zero-order chi connectivity index (χ0) is 7.82. The minimum absolute atomic E-state index is 0.965. The average Bonchev–Trinajstić information content (AvgIpc) is 1.98. The highest BCUT2D eigenvalue weighted by molar-refractivity contribution is 6.56. The minimum atomic E-state index is -0.965. The highest BCUT2D eigenvalue weighted by Crippen LogP contribution is 2.10. The average molecular weight is 179 g/mol. The fourth-order valence-electron chi connectivity index (χ4n) is 0.987. The third-order valence-corrected chi connectivity index (χ3v) is 4.90. The van der Waals surface area contributed by atoms with Gasteiger partial charge in [-0.1, -0.05) is 43.7 Å². The van der Waals surface area contributed by atoms with Gasteiger partial charge < -0.3 is 3.34 Å². The van der Waals surface area contributed by atoms with Crippen LogP contribution in [0.3, 0.4) is 0 Å². The van der Waals surface area contributed by atoms with E-state index in [0.29, 0.717) is 0 Å². The molecule has 0 rings (SSSR count). The fraction of sp³-hybridized carbons (Fsp3) is 1.00. The summed E-state index contributed by atoms with van der Waals surface area (Å²) in [5, 5.41) is 2.47.